The van der Waals surface area contributed by atoms with Crippen molar-refractivity contribution >= 4 is 12.0 Å². The molecular formula is C23H27N3O3. The first kappa shape index (κ1) is 19.6. The third-order valence-electron chi connectivity index (χ3n) is 6.34. The van der Waals surface area contributed by atoms with Crippen LogP contribution in [0.2, 0.25) is 0 Å². The van der Waals surface area contributed by atoms with Gasteiger partial charge in [0, 0.05) is 42.9 Å². The fourth-order valence-corrected chi connectivity index (χ4v) is 4.92. The average Bonchev–Trinajstić information content (AvgIpc) is 2.91. The van der Waals surface area contributed by atoms with Gasteiger partial charge in [0.15, 0.2) is 0 Å². The minimum atomic E-state index is -0.403. The maximum atomic E-state index is 13.2. The van der Waals surface area contributed by atoms with Gasteiger partial charge in [-0.3, -0.25) is 14.5 Å². The van der Waals surface area contributed by atoms with Gasteiger partial charge < -0.3 is 15.0 Å². The number of nitrogens with one attached hydrogen (secondary N) is 1. The number of nitrogens with zero attached hydrogens (tertiary/aromatic N) is 2. The molecule has 0 radical (unpaired) electrons. The molecule has 6 nitrogen and oxygen atoms in total. The molecule has 2 aromatic rings. The predicted octanol–water partition coefficient (Wildman–Crippen LogP) is 1.79. The second-order valence-electron chi connectivity index (χ2n) is 7.88. The van der Waals surface area contributed by atoms with Crippen LogP contribution in [0.4, 0.5) is 0 Å². The van der Waals surface area contributed by atoms with E-state index in [1.165, 1.54) is 0 Å². The number of hydrogen-bond donors (Lipinski definition) is 2. The van der Waals surface area contributed by atoms with Crippen molar-refractivity contribution in [2.75, 3.05) is 13.7 Å². The van der Waals surface area contributed by atoms with Crippen molar-refractivity contribution in [3.63, 3.8) is 0 Å². The number of amides is 1. The van der Waals surface area contributed by atoms with Gasteiger partial charge in [-0.15, -0.1) is 0 Å². The lowest BCUT2D eigenvalue weighted by Crippen LogP contribution is -2.44. The molecule has 0 spiro atoms. The Morgan fingerprint density at radius 2 is 2.00 bits per heavy atom. The second-order valence-corrected chi connectivity index (χ2v) is 7.88. The monoisotopic (exact) mass is 393 g/mol. The fraction of sp³-hybridized carbons (Fsp3) is 0.391. The molecule has 0 unspecified atom stereocenters. The molecule has 2 N–H and O–H groups in total. The molecule has 4 rings (SSSR count). The van der Waals surface area contributed by atoms with Crippen molar-refractivity contribution < 1.29 is 9.90 Å². The number of rotatable bonds is 5. The molecule has 3 heterocycles. The molecule has 1 aromatic carbocycles. The second kappa shape index (κ2) is 7.97. The number of pyridine rings is 1. The zero-order valence-corrected chi connectivity index (χ0v) is 16.8. The summed E-state index contributed by atoms with van der Waals surface area (Å²) in [5, 5.41) is 13.2. The minimum absolute atomic E-state index is 0.0364. The highest BCUT2D eigenvalue weighted by Crippen LogP contribution is 2.47. The zero-order chi connectivity index (χ0) is 20.5. The Morgan fingerprint density at radius 3 is 2.69 bits per heavy atom. The Bertz CT molecular complexity index is 983. The third kappa shape index (κ3) is 3.32. The van der Waals surface area contributed by atoms with Crippen molar-refractivity contribution in [3.8, 4) is 0 Å². The summed E-state index contributed by atoms with van der Waals surface area (Å²) in [5.41, 5.74) is 2.48. The lowest BCUT2D eigenvalue weighted by Gasteiger charge is -2.35. The van der Waals surface area contributed by atoms with Crippen molar-refractivity contribution in [1.29, 1.82) is 0 Å². The number of aromatic nitrogens is 1. The quantitative estimate of drug-likeness (QED) is 0.812. The highest BCUT2D eigenvalue weighted by atomic mass is 16.3. The Balaban J connectivity index is 1.67. The third-order valence-corrected chi connectivity index (χ3v) is 6.34. The van der Waals surface area contributed by atoms with Crippen LogP contribution in [-0.2, 0) is 17.9 Å². The Hall–Kier alpha value is -2.70. The highest BCUT2D eigenvalue weighted by Gasteiger charge is 2.54. The molecule has 6 heteroatoms. The summed E-state index contributed by atoms with van der Waals surface area (Å²) in [6.45, 7) is 2.73. The average molecular weight is 393 g/mol. The fourth-order valence-electron chi connectivity index (χ4n) is 4.92. The summed E-state index contributed by atoms with van der Waals surface area (Å²) >= 11 is 0. The standard InChI is InChI=1S/C23H27N3O3/c1-3-7-16-10-11-18-21-20(22(28)24-12-15-8-5-4-6-9-15)17(14-27)19(25(21)2)13-26(18)23(16)29/h3-11,17,19-21,27H,12-14H2,1-2H3,(H,24,28)/b7-3-/t17-,19-,20+,21+/m1/s1. The van der Waals surface area contributed by atoms with Crippen molar-refractivity contribution in [1.82, 2.24) is 14.8 Å². The van der Waals surface area contributed by atoms with Gasteiger partial charge in [0.05, 0.1) is 12.0 Å². The Kier molecular flexibility index (Phi) is 5.39. The molecule has 1 fully saturated rings. The number of likely N-dealkylation sites (N-methyl/N-ethyl adjacent to an activating group) is 1. The summed E-state index contributed by atoms with van der Waals surface area (Å²) in [7, 11) is 1.98. The van der Waals surface area contributed by atoms with Crippen molar-refractivity contribution in [2.45, 2.75) is 32.1 Å². The molecule has 2 aliphatic rings. The van der Waals surface area contributed by atoms with E-state index in [-0.39, 0.29) is 36.1 Å². The molecule has 1 saturated heterocycles. The summed E-state index contributed by atoms with van der Waals surface area (Å²) < 4.78 is 1.79. The molecule has 152 valence electrons. The van der Waals surface area contributed by atoms with Crippen molar-refractivity contribution in [2.24, 2.45) is 11.8 Å². The van der Waals surface area contributed by atoms with Crippen LogP contribution in [0.15, 0.2) is 53.3 Å². The van der Waals surface area contributed by atoms with Gasteiger partial charge in [0.1, 0.15) is 0 Å². The molecule has 2 aliphatic heterocycles. The first-order valence-electron chi connectivity index (χ1n) is 10.1. The van der Waals surface area contributed by atoms with E-state index in [9.17, 15) is 14.7 Å². The van der Waals surface area contributed by atoms with Crippen LogP contribution in [0.5, 0.6) is 0 Å². The van der Waals surface area contributed by atoms with Crippen LogP contribution in [0.3, 0.4) is 0 Å². The van der Waals surface area contributed by atoms with Crippen LogP contribution in [-0.4, -0.2) is 40.2 Å². The molecule has 1 aromatic heterocycles. The summed E-state index contributed by atoms with van der Waals surface area (Å²) in [6, 6.07) is 13.3. The van der Waals surface area contributed by atoms with Gasteiger partial charge in [-0.2, -0.15) is 0 Å². The zero-order valence-electron chi connectivity index (χ0n) is 16.8. The maximum absolute atomic E-state index is 13.2. The number of benzene rings is 1. The summed E-state index contributed by atoms with van der Waals surface area (Å²) in [6.07, 6.45) is 3.66. The number of fused-ring (bicyclic) bond motifs is 4. The predicted molar refractivity (Wildman–Crippen MR) is 112 cm³/mol. The minimum Gasteiger partial charge on any atom is -0.396 e. The van der Waals surface area contributed by atoms with E-state index in [2.05, 4.69) is 10.2 Å². The van der Waals surface area contributed by atoms with E-state index in [1.54, 1.807) is 4.57 Å². The van der Waals surface area contributed by atoms with Gasteiger partial charge in [0.25, 0.3) is 5.56 Å². The van der Waals surface area contributed by atoms with Crippen LogP contribution < -0.4 is 10.9 Å². The molecule has 1 amide bonds. The number of carbonyl (C=O) groups excluding carboxylic acids is 1. The van der Waals surface area contributed by atoms with Gasteiger partial charge in [-0.05, 0) is 31.7 Å². The van der Waals surface area contributed by atoms with E-state index >= 15 is 0 Å². The lowest BCUT2D eigenvalue weighted by molar-refractivity contribution is -0.127. The first-order chi connectivity index (χ1) is 14.1. The van der Waals surface area contributed by atoms with E-state index in [1.807, 2.05) is 68.6 Å². The Labute approximate surface area is 170 Å². The van der Waals surface area contributed by atoms with Crippen LogP contribution in [0.25, 0.3) is 6.08 Å². The van der Waals surface area contributed by atoms with Crippen LogP contribution >= 0.6 is 0 Å². The molecular weight excluding hydrogens is 366 g/mol. The van der Waals surface area contributed by atoms with Crippen LogP contribution in [0.1, 0.15) is 29.8 Å². The largest absolute Gasteiger partial charge is 0.396 e. The highest BCUT2D eigenvalue weighted by molar-refractivity contribution is 5.80. The van der Waals surface area contributed by atoms with Gasteiger partial charge in [-0.1, -0.05) is 42.5 Å². The van der Waals surface area contributed by atoms with E-state index < -0.39 is 5.92 Å². The van der Waals surface area contributed by atoms with Crippen LogP contribution in [0, 0.1) is 11.8 Å². The molecule has 0 aliphatic carbocycles. The molecule has 2 bridgehead atoms. The smallest absolute Gasteiger partial charge is 0.258 e. The van der Waals surface area contributed by atoms with Gasteiger partial charge >= 0.3 is 0 Å². The normalized spacial score (nSPS) is 25.9. The number of hydrogen-bond acceptors (Lipinski definition) is 4. The SMILES string of the molecule is C/C=C\c1ccc2n(c1=O)C[C@@H]1[C@@H](CO)[C@H](C(=O)NCc3ccccc3)[C@H]2N1C. The van der Waals surface area contributed by atoms with E-state index in [4.69, 9.17) is 0 Å². The Morgan fingerprint density at radius 1 is 1.24 bits per heavy atom. The lowest BCUT2D eigenvalue weighted by atomic mass is 9.86. The number of aliphatic hydroxyl groups is 1. The van der Waals surface area contributed by atoms with Gasteiger partial charge in [-0.25, -0.2) is 0 Å². The topological polar surface area (TPSA) is 74.6 Å². The molecule has 0 saturated carbocycles. The molecule has 29 heavy (non-hydrogen) atoms. The van der Waals surface area contributed by atoms with Crippen molar-refractivity contribution in [3.05, 3.63) is 75.7 Å². The maximum Gasteiger partial charge on any atom is 0.258 e. The first-order valence-corrected chi connectivity index (χ1v) is 10.1. The van der Waals surface area contributed by atoms with Gasteiger partial charge in [0.2, 0.25) is 5.91 Å². The number of aliphatic hydroxyl groups excluding tert-OH is 1. The molecule has 4 atom stereocenters. The number of allylic oxidation sites excluding steroid dienone is 1. The summed E-state index contributed by atoms with van der Waals surface area (Å²) in [5.74, 6) is -0.699. The van der Waals surface area contributed by atoms with E-state index in [0.717, 1.165) is 11.3 Å². The summed E-state index contributed by atoms with van der Waals surface area (Å²) in [4.78, 5) is 28.3. The van der Waals surface area contributed by atoms with E-state index in [0.29, 0.717) is 18.7 Å². The number of carbonyl (C=O) groups is 1.